The van der Waals surface area contributed by atoms with Gasteiger partial charge in [0.25, 0.3) is 5.91 Å². The monoisotopic (exact) mass is 339 g/mol. The molecule has 20 heavy (non-hydrogen) atoms. The summed E-state index contributed by atoms with van der Waals surface area (Å²) in [7, 11) is 1.52. The molecule has 112 valence electrons. The Kier molecular flexibility index (Phi) is 6.07. The van der Waals surface area contributed by atoms with Crippen molar-refractivity contribution in [3.8, 4) is 0 Å². The van der Waals surface area contributed by atoms with Gasteiger partial charge in [-0.1, -0.05) is 11.6 Å². The van der Waals surface area contributed by atoms with E-state index in [-0.39, 0.29) is 0 Å². The Labute approximate surface area is 133 Å². The van der Waals surface area contributed by atoms with Crippen LogP contribution in [0.15, 0.2) is 23.9 Å². The molecule has 0 aliphatic heterocycles. The first kappa shape index (κ1) is 17.5. The highest BCUT2D eigenvalue weighted by Crippen LogP contribution is 2.34. The van der Waals surface area contributed by atoms with Crippen molar-refractivity contribution in [1.82, 2.24) is 4.90 Å². The Morgan fingerprint density at radius 1 is 1.55 bits per heavy atom. The molecule has 0 bridgehead atoms. The lowest BCUT2D eigenvalue weighted by molar-refractivity contribution is -0.131. The fourth-order valence-electron chi connectivity index (χ4n) is 1.65. The summed E-state index contributed by atoms with van der Waals surface area (Å²) in [5.74, 6) is -0.926. The highest BCUT2D eigenvalue weighted by molar-refractivity contribution is 6.41. The van der Waals surface area contributed by atoms with E-state index in [0.29, 0.717) is 12.3 Å². The first-order chi connectivity index (χ1) is 9.23. The van der Waals surface area contributed by atoms with Crippen LogP contribution in [0.4, 0.5) is 0 Å². The van der Waals surface area contributed by atoms with Crippen LogP contribution < -0.4 is 0 Å². The summed E-state index contributed by atoms with van der Waals surface area (Å²) in [6.07, 6.45) is 4.78. The van der Waals surface area contributed by atoms with Gasteiger partial charge in [0.1, 0.15) is 5.38 Å². The van der Waals surface area contributed by atoms with Crippen molar-refractivity contribution >= 4 is 46.5 Å². The van der Waals surface area contributed by atoms with Crippen molar-refractivity contribution in [3.05, 3.63) is 23.9 Å². The lowest BCUT2D eigenvalue weighted by atomic mass is 10.1. The van der Waals surface area contributed by atoms with Crippen LogP contribution in [0.5, 0.6) is 0 Å². The molecule has 1 aliphatic rings. The Bertz CT molecular complexity index is 464. The standard InChI is InChI=1S/C13H16Cl3NO3/c1-4-20-13(16)6-5-9(7-10(13)14)17(3)12(19)11(15)8(2)18/h5-7,10-11H,4H2,1-3H3. The van der Waals surface area contributed by atoms with Gasteiger partial charge in [-0.05, 0) is 32.1 Å². The summed E-state index contributed by atoms with van der Waals surface area (Å²) in [4.78, 5) is 24.4. The van der Waals surface area contributed by atoms with E-state index in [1.54, 1.807) is 25.2 Å². The Morgan fingerprint density at radius 3 is 2.60 bits per heavy atom. The summed E-state index contributed by atoms with van der Waals surface area (Å²) in [5, 5.41) is -2.99. The van der Waals surface area contributed by atoms with Gasteiger partial charge in [0.05, 0.1) is 0 Å². The minimum Gasteiger partial charge on any atom is -0.354 e. The minimum absolute atomic E-state index is 0.406. The fraction of sp³-hybridized carbons (Fsp3) is 0.538. The number of halogens is 3. The third-order valence-electron chi connectivity index (χ3n) is 2.83. The molecule has 1 rings (SSSR count). The summed E-state index contributed by atoms with van der Waals surface area (Å²) in [6, 6.07) is 0. The van der Waals surface area contributed by atoms with Gasteiger partial charge in [-0.25, -0.2) is 0 Å². The van der Waals surface area contributed by atoms with Crippen LogP contribution in [0.25, 0.3) is 0 Å². The second-order valence-corrected chi connectivity index (χ2v) is 5.83. The predicted molar refractivity (Wildman–Crippen MR) is 80.2 cm³/mol. The summed E-state index contributed by atoms with van der Waals surface area (Å²) < 4.78 is 5.38. The van der Waals surface area contributed by atoms with Gasteiger partial charge in [-0.2, -0.15) is 0 Å². The maximum Gasteiger partial charge on any atom is 0.252 e. The number of ketones is 1. The number of Topliss-reactive ketones (excluding diaryl/α,β-unsaturated/α-hetero) is 1. The van der Waals surface area contributed by atoms with Gasteiger partial charge < -0.3 is 9.64 Å². The van der Waals surface area contributed by atoms with Gasteiger partial charge in [-0.3, -0.25) is 9.59 Å². The molecule has 1 aliphatic carbocycles. The van der Waals surface area contributed by atoms with Crippen LogP contribution in [0, 0.1) is 0 Å². The number of amides is 1. The Balaban J connectivity index is 2.88. The molecule has 0 heterocycles. The number of nitrogens with zero attached hydrogens (tertiary/aromatic N) is 1. The molecule has 3 unspecified atom stereocenters. The van der Waals surface area contributed by atoms with Crippen molar-refractivity contribution in [2.75, 3.05) is 13.7 Å². The van der Waals surface area contributed by atoms with Crippen LogP contribution in [-0.2, 0) is 14.3 Å². The fourth-order valence-corrected chi connectivity index (χ4v) is 2.30. The van der Waals surface area contributed by atoms with Gasteiger partial charge in [-0.15, -0.1) is 23.2 Å². The van der Waals surface area contributed by atoms with Crippen molar-refractivity contribution < 1.29 is 14.3 Å². The minimum atomic E-state index is -1.21. The van der Waals surface area contributed by atoms with E-state index >= 15 is 0 Å². The van der Waals surface area contributed by atoms with E-state index in [9.17, 15) is 9.59 Å². The molecule has 0 saturated heterocycles. The molecular weight excluding hydrogens is 325 g/mol. The topological polar surface area (TPSA) is 46.6 Å². The zero-order chi connectivity index (χ0) is 15.5. The zero-order valence-corrected chi connectivity index (χ0v) is 13.7. The molecule has 0 aromatic carbocycles. The number of alkyl halides is 3. The average Bonchev–Trinajstić information content (AvgIpc) is 2.39. The number of rotatable bonds is 5. The third-order valence-corrected chi connectivity index (χ3v) is 4.36. The quantitative estimate of drug-likeness (QED) is 0.571. The molecule has 1 amide bonds. The highest BCUT2D eigenvalue weighted by Gasteiger charge is 2.36. The van der Waals surface area contributed by atoms with Crippen molar-refractivity contribution in [3.63, 3.8) is 0 Å². The average molecular weight is 341 g/mol. The number of carbonyl (C=O) groups is 2. The normalized spacial score (nSPS) is 26.9. The molecule has 0 fully saturated rings. The van der Waals surface area contributed by atoms with E-state index in [4.69, 9.17) is 39.5 Å². The number of hydrogen-bond acceptors (Lipinski definition) is 3. The van der Waals surface area contributed by atoms with Gasteiger partial charge in [0.2, 0.25) is 0 Å². The molecule has 0 aromatic heterocycles. The van der Waals surface area contributed by atoms with Crippen LogP contribution in [0.3, 0.4) is 0 Å². The number of likely N-dealkylation sites (N-methyl/N-ethyl adjacent to an activating group) is 1. The van der Waals surface area contributed by atoms with Crippen LogP contribution in [0.1, 0.15) is 13.8 Å². The molecular formula is C13H16Cl3NO3. The van der Waals surface area contributed by atoms with Gasteiger partial charge in [0, 0.05) is 19.4 Å². The zero-order valence-electron chi connectivity index (χ0n) is 11.4. The number of carbonyl (C=O) groups excluding carboxylic acids is 2. The lowest BCUT2D eigenvalue weighted by Gasteiger charge is -2.32. The molecule has 0 aromatic rings. The smallest absolute Gasteiger partial charge is 0.252 e. The van der Waals surface area contributed by atoms with Gasteiger partial charge >= 0.3 is 0 Å². The summed E-state index contributed by atoms with van der Waals surface area (Å²) in [5.41, 5.74) is 0.512. The van der Waals surface area contributed by atoms with E-state index in [0.717, 1.165) is 0 Å². The van der Waals surface area contributed by atoms with E-state index in [1.165, 1.54) is 18.9 Å². The molecule has 7 heteroatoms. The largest absolute Gasteiger partial charge is 0.354 e. The van der Waals surface area contributed by atoms with E-state index < -0.39 is 27.5 Å². The number of allylic oxidation sites excluding steroid dienone is 1. The highest BCUT2D eigenvalue weighted by atomic mass is 35.5. The molecule has 0 N–H and O–H groups in total. The number of hydrogen-bond donors (Lipinski definition) is 0. The molecule has 0 spiro atoms. The molecule has 4 nitrogen and oxygen atoms in total. The van der Waals surface area contributed by atoms with Crippen LogP contribution in [0.2, 0.25) is 0 Å². The summed E-state index contributed by atoms with van der Waals surface area (Å²) >= 11 is 18.1. The third kappa shape index (κ3) is 3.76. The molecule has 0 radical (unpaired) electrons. The van der Waals surface area contributed by atoms with Crippen molar-refractivity contribution in [2.45, 2.75) is 29.7 Å². The SMILES string of the molecule is CCOC1(Cl)C=CC(N(C)C(=O)C(Cl)C(C)=O)=CC1Cl. The summed E-state index contributed by atoms with van der Waals surface area (Å²) in [6.45, 7) is 3.47. The second kappa shape index (κ2) is 6.94. The first-order valence-electron chi connectivity index (χ1n) is 6.03. The Morgan fingerprint density at radius 2 is 2.15 bits per heavy atom. The lowest BCUT2D eigenvalue weighted by Crippen LogP contribution is -2.40. The van der Waals surface area contributed by atoms with E-state index in [2.05, 4.69) is 0 Å². The van der Waals surface area contributed by atoms with Crippen LogP contribution in [-0.4, -0.2) is 46.1 Å². The molecule has 3 atom stereocenters. The number of ether oxygens (including phenoxy) is 1. The predicted octanol–water partition coefficient (Wildman–Crippen LogP) is 2.67. The van der Waals surface area contributed by atoms with Gasteiger partial charge in [0.15, 0.2) is 16.2 Å². The Hall–Kier alpha value is -0.550. The van der Waals surface area contributed by atoms with Crippen molar-refractivity contribution in [1.29, 1.82) is 0 Å². The van der Waals surface area contributed by atoms with Crippen LogP contribution >= 0.6 is 34.8 Å². The second-order valence-electron chi connectivity index (χ2n) is 4.33. The van der Waals surface area contributed by atoms with Crippen molar-refractivity contribution in [2.24, 2.45) is 0 Å². The van der Waals surface area contributed by atoms with E-state index in [1.807, 2.05) is 0 Å². The first-order valence-corrected chi connectivity index (χ1v) is 7.28. The maximum atomic E-state index is 12.0. The molecule has 0 saturated carbocycles. The maximum absolute atomic E-state index is 12.0.